The van der Waals surface area contributed by atoms with Crippen molar-refractivity contribution in [1.82, 2.24) is 10.6 Å². The first kappa shape index (κ1) is 19.3. The van der Waals surface area contributed by atoms with Crippen LogP contribution in [0.15, 0.2) is 0 Å². The number of carbonyl (C=O) groups excluding carboxylic acids is 2. The number of nitrogens with two attached hydrogens (primary N) is 2. The third-order valence-corrected chi connectivity index (χ3v) is 2.90. The molecule has 0 fully saturated rings. The summed E-state index contributed by atoms with van der Waals surface area (Å²) in [6, 6.07) is 0. The molecule has 0 heterocycles. The van der Waals surface area contributed by atoms with Gasteiger partial charge in [0.05, 0.1) is 0 Å². The Bertz CT molecular complexity index is 316. The maximum absolute atomic E-state index is 11.9. The fourth-order valence-electron chi connectivity index (χ4n) is 1.82. The van der Waals surface area contributed by atoms with Gasteiger partial charge >= 0.3 is 5.97 Å². The van der Waals surface area contributed by atoms with Crippen LogP contribution >= 0.6 is 0 Å². The van der Waals surface area contributed by atoms with Crippen molar-refractivity contribution in [2.24, 2.45) is 17.4 Å². The highest BCUT2D eigenvalue weighted by molar-refractivity contribution is 6.00. The largest absolute Gasteiger partial charge is 0.481 e. The number of amides is 2. The number of hydrogen-bond acceptors (Lipinski definition) is 5. The van der Waals surface area contributed by atoms with Crippen LogP contribution in [0.2, 0.25) is 0 Å². The molecule has 0 saturated carbocycles. The lowest BCUT2D eigenvalue weighted by Crippen LogP contribution is -2.43. The van der Waals surface area contributed by atoms with E-state index in [1.807, 2.05) is 0 Å². The lowest BCUT2D eigenvalue weighted by Gasteiger charge is -2.16. The molecule has 0 aliphatic carbocycles. The maximum atomic E-state index is 11.9. The summed E-state index contributed by atoms with van der Waals surface area (Å²) in [6.45, 7) is 1.25. The smallest absolute Gasteiger partial charge is 0.303 e. The van der Waals surface area contributed by atoms with Crippen LogP contribution in [-0.2, 0) is 14.4 Å². The summed E-state index contributed by atoms with van der Waals surface area (Å²) < 4.78 is 0. The molecule has 21 heavy (non-hydrogen) atoms. The van der Waals surface area contributed by atoms with Gasteiger partial charge in [-0.25, -0.2) is 0 Å². The predicted octanol–water partition coefficient (Wildman–Crippen LogP) is -1.21. The highest BCUT2D eigenvalue weighted by atomic mass is 16.4. The van der Waals surface area contributed by atoms with Crippen molar-refractivity contribution < 1.29 is 19.5 Å². The Morgan fingerprint density at radius 3 is 1.86 bits per heavy atom. The molecule has 7 N–H and O–H groups in total. The second-order valence-corrected chi connectivity index (χ2v) is 4.71. The van der Waals surface area contributed by atoms with Gasteiger partial charge in [-0.1, -0.05) is 12.8 Å². The molecular formula is C13H26N4O4. The Labute approximate surface area is 124 Å². The molecule has 0 aliphatic rings. The van der Waals surface area contributed by atoms with Crippen LogP contribution in [0, 0.1) is 5.92 Å². The molecule has 8 heteroatoms. The van der Waals surface area contributed by atoms with Gasteiger partial charge in [0, 0.05) is 32.6 Å². The van der Waals surface area contributed by atoms with E-state index in [1.54, 1.807) is 0 Å². The summed E-state index contributed by atoms with van der Waals surface area (Å²) in [5.41, 5.74) is 10.6. The van der Waals surface area contributed by atoms with Crippen molar-refractivity contribution in [2.75, 3.05) is 26.2 Å². The van der Waals surface area contributed by atoms with Gasteiger partial charge in [0.25, 0.3) is 0 Å². The third kappa shape index (κ3) is 9.80. The van der Waals surface area contributed by atoms with Gasteiger partial charge in [0.15, 0.2) is 0 Å². The summed E-state index contributed by atoms with van der Waals surface area (Å²) in [5, 5.41) is 13.7. The summed E-state index contributed by atoms with van der Waals surface area (Å²) in [5.74, 6) is -2.33. The van der Waals surface area contributed by atoms with Crippen LogP contribution in [0.1, 0.15) is 32.1 Å². The van der Waals surface area contributed by atoms with E-state index in [0.29, 0.717) is 51.9 Å². The third-order valence-electron chi connectivity index (χ3n) is 2.90. The van der Waals surface area contributed by atoms with E-state index in [0.717, 1.165) is 0 Å². The minimum absolute atomic E-state index is 0.101. The fraction of sp³-hybridized carbons (Fsp3) is 0.769. The van der Waals surface area contributed by atoms with Crippen molar-refractivity contribution in [3.05, 3.63) is 0 Å². The molecule has 0 aromatic heterocycles. The molecule has 0 radical (unpaired) electrons. The zero-order valence-electron chi connectivity index (χ0n) is 12.3. The predicted molar refractivity (Wildman–Crippen MR) is 78.3 cm³/mol. The molecule has 8 nitrogen and oxygen atoms in total. The van der Waals surface area contributed by atoms with E-state index in [4.69, 9.17) is 16.6 Å². The van der Waals surface area contributed by atoms with Crippen molar-refractivity contribution in [3.63, 3.8) is 0 Å². The van der Waals surface area contributed by atoms with E-state index < -0.39 is 11.9 Å². The second kappa shape index (κ2) is 12.1. The minimum Gasteiger partial charge on any atom is -0.481 e. The zero-order valence-corrected chi connectivity index (χ0v) is 12.3. The van der Waals surface area contributed by atoms with Gasteiger partial charge in [-0.05, 0) is 12.8 Å². The van der Waals surface area contributed by atoms with Crippen molar-refractivity contribution in [3.8, 4) is 0 Å². The van der Waals surface area contributed by atoms with E-state index in [-0.39, 0.29) is 18.2 Å². The van der Waals surface area contributed by atoms with Gasteiger partial charge in [-0.2, -0.15) is 0 Å². The number of carboxylic acids is 1. The van der Waals surface area contributed by atoms with Gasteiger partial charge in [-0.3, -0.25) is 14.4 Å². The van der Waals surface area contributed by atoms with Crippen LogP contribution in [0.25, 0.3) is 0 Å². The minimum atomic E-state index is -0.840. The Balaban J connectivity index is 4.26. The van der Waals surface area contributed by atoms with Crippen LogP contribution in [0.3, 0.4) is 0 Å². The molecule has 0 aromatic carbocycles. The van der Waals surface area contributed by atoms with Gasteiger partial charge in [0.2, 0.25) is 11.8 Å². The van der Waals surface area contributed by atoms with Gasteiger partial charge < -0.3 is 27.2 Å². The Hall–Kier alpha value is -1.67. The van der Waals surface area contributed by atoms with Crippen LogP contribution in [0.5, 0.6) is 0 Å². The number of carbonyl (C=O) groups is 3. The molecule has 0 bridgehead atoms. The number of aliphatic carboxylic acids is 1. The summed E-state index contributed by atoms with van der Waals surface area (Å²) in [7, 11) is 0. The average Bonchev–Trinajstić information content (AvgIpc) is 2.45. The molecular weight excluding hydrogens is 276 g/mol. The molecule has 0 saturated heterocycles. The maximum Gasteiger partial charge on any atom is 0.303 e. The Kier molecular flexibility index (Phi) is 11.1. The number of carboxylic acid groups (broad SMARTS) is 1. The first-order valence-electron chi connectivity index (χ1n) is 7.20. The number of nitrogens with one attached hydrogen (secondary N) is 2. The molecule has 0 aliphatic heterocycles. The topological polar surface area (TPSA) is 148 Å². The summed E-state index contributed by atoms with van der Waals surface area (Å²) >= 11 is 0. The van der Waals surface area contributed by atoms with Crippen LogP contribution in [0.4, 0.5) is 0 Å². The molecule has 122 valence electrons. The Morgan fingerprint density at radius 2 is 1.43 bits per heavy atom. The average molecular weight is 302 g/mol. The quantitative estimate of drug-likeness (QED) is 0.226. The number of unbranched alkanes of at least 4 members (excludes halogenated alkanes) is 2. The van der Waals surface area contributed by atoms with E-state index in [2.05, 4.69) is 10.6 Å². The zero-order chi connectivity index (χ0) is 16.1. The summed E-state index contributed by atoms with van der Waals surface area (Å²) in [4.78, 5) is 34.2. The fourth-order valence-corrected chi connectivity index (χ4v) is 1.82. The normalized spacial score (nSPS) is 10.4. The molecule has 0 aromatic rings. The van der Waals surface area contributed by atoms with Gasteiger partial charge in [0.1, 0.15) is 5.92 Å². The SMILES string of the molecule is NCCNC(=O)C(CCCCCC(=O)O)C(=O)NCCN. The first-order chi connectivity index (χ1) is 10.0. The molecule has 0 atom stereocenters. The second-order valence-electron chi connectivity index (χ2n) is 4.71. The molecule has 2 amide bonds. The molecule has 0 unspecified atom stereocenters. The number of rotatable bonds is 12. The van der Waals surface area contributed by atoms with E-state index >= 15 is 0 Å². The first-order valence-corrected chi connectivity index (χ1v) is 7.20. The highest BCUT2D eigenvalue weighted by Gasteiger charge is 2.25. The van der Waals surface area contributed by atoms with E-state index in [1.165, 1.54) is 0 Å². The van der Waals surface area contributed by atoms with Crippen LogP contribution < -0.4 is 22.1 Å². The van der Waals surface area contributed by atoms with Crippen molar-refractivity contribution in [1.29, 1.82) is 0 Å². The van der Waals surface area contributed by atoms with Crippen LogP contribution in [-0.4, -0.2) is 49.1 Å². The standard InChI is InChI=1S/C13H26N4O4/c14-6-8-16-12(20)10(13(21)17-9-7-15)4-2-1-3-5-11(18)19/h10H,1-9,14-15H2,(H,16,20)(H,17,21)(H,18,19). The van der Waals surface area contributed by atoms with E-state index in [9.17, 15) is 14.4 Å². The molecule has 0 spiro atoms. The molecule has 0 rings (SSSR count). The Morgan fingerprint density at radius 1 is 0.905 bits per heavy atom. The number of hydrogen-bond donors (Lipinski definition) is 5. The lowest BCUT2D eigenvalue weighted by molar-refractivity contribution is -0.138. The van der Waals surface area contributed by atoms with Crippen molar-refractivity contribution >= 4 is 17.8 Å². The monoisotopic (exact) mass is 302 g/mol. The van der Waals surface area contributed by atoms with Crippen molar-refractivity contribution in [2.45, 2.75) is 32.1 Å². The highest BCUT2D eigenvalue weighted by Crippen LogP contribution is 2.12. The lowest BCUT2D eigenvalue weighted by atomic mass is 9.98. The van der Waals surface area contributed by atoms with Gasteiger partial charge in [-0.15, -0.1) is 0 Å². The summed E-state index contributed by atoms with van der Waals surface area (Å²) in [6.07, 6.45) is 2.30.